The van der Waals surface area contributed by atoms with E-state index in [-0.39, 0.29) is 5.78 Å². The van der Waals surface area contributed by atoms with Crippen LogP contribution < -0.4 is 0 Å². The van der Waals surface area contributed by atoms with Crippen molar-refractivity contribution in [3.63, 3.8) is 0 Å². The smallest absolute Gasteiger partial charge is 0.164 e. The number of hydrogen-bond donors (Lipinski definition) is 0. The topological polar surface area (TPSA) is 33.2 Å². The molecule has 0 fully saturated rings. The Labute approximate surface area is 103 Å². The Bertz CT molecular complexity index is 382. The Kier molecular flexibility index (Phi) is 5.40. The van der Waals surface area contributed by atoms with Crippen LogP contribution in [-0.2, 0) is 4.79 Å². The molecule has 0 spiro atoms. The number of pyridine rings is 1. The lowest BCUT2D eigenvalue weighted by Crippen LogP contribution is -2.09. The van der Waals surface area contributed by atoms with Gasteiger partial charge in [-0.2, -0.15) is 0 Å². The number of ketones is 1. The quantitative estimate of drug-likeness (QED) is 0.707. The van der Waals surface area contributed by atoms with Crippen LogP contribution >= 0.6 is 0 Å². The highest BCUT2D eigenvalue weighted by molar-refractivity contribution is 6.20. The zero-order chi connectivity index (χ0) is 12.7. The van der Waals surface area contributed by atoms with Gasteiger partial charge in [-0.3, -0.25) is 9.78 Å². The van der Waals surface area contributed by atoms with Gasteiger partial charge in [-0.1, -0.05) is 13.3 Å². The van der Waals surface area contributed by atoms with Gasteiger partial charge in [0.25, 0.3) is 0 Å². The summed E-state index contributed by atoms with van der Waals surface area (Å²) in [5, 5.41) is 0. The number of allylic oxidation sites excluding steroid dienone is 1. The molecule has 0 aliphatic heterocycles. The lowest BCUT2D eigenvalue weighted by Gasteiger charge is -2.11. The molecular formula is C14H20N2O. The van der Waals surface area contributed by atoms with Gasteiger partial charge in [0, 0.05) is 44.7 Å². The average Bonchev–Trinajstić information content (AvgIpc) is 2.34. The number of carbonyl (C=O) groups is 1. The average molecular weight is 232 g/mol. The zero-order valence-corrected chi connectivity index (χ0v) is 10.8. The largest absolute Gasteiger partial charge is 0.383 e. The molecule has 0 amide bonds. The maximum atomic E-state index is 12.1. The lowest BCUT2D eigenvalue weighted by atomic mass is 10.00. The summed E-state index contributed by atoms with van der Waals surface area (Å²) in [7, 11) is 3.85. The van der Waals surface area contributed by atoms with Gasteiger partial charge in [-0.05, 0) is 24.1 Å². The minimum atomic E-state index is 0.201. The van der Waals surface area contributed by atoms with Crippen LogP contribution in [-0.4, -0.2) is 29.8 Å². The number of unbranched alkanes of at least 4 members (excludes halogenated alkanes) is 1. The van der Waals surface area contributed by atoms with Crippen molar-refractivity contribution in [2.45, 2.75) is 26.2 Å². The Morgan fingerprint density at radius 3 is 2.53 bits per heavy atom. The second-order valence-electron chi connectivity index (χ2n) is 4.27. The van der Waals surface area contributed by atoms with E-state index in [1.54, 1.807) is 12.4 Å². The van der Waals surface area contributed by atoms with E-state index >= 15 is 0 Å². The molecule has 1 rings (SSSR count). The fraction of sp³-hybridized carbons (Fsp3) is 0.429. The normalized spacial score (nSPS) is 11.4. The second-order valence-corrected chi connectivity index (χ2v) is 4.27. The molecule has 0 aromatic carbocycles. The molecule has 92 valence electrons. The van der Waals surface area contributed by atoms with Crippen LogP contribution in [0.2, 0.25) is 0 Å². The Morgan fingerprint density at radius 2 is 2.00 bits per heavy atom. The zero-order valence-electron chi connectivity index (χ0n) is 10.8. The van der Waals surface area contributed by atoms with Crippen molar-refractivity contribution in [1.82, 2.24) is 9.88 Å². The number of rotatable bonds is 6. The van der Waals surface area contributed by atoms with Crippen LogP contribution in [0.1, 0.15) is 31.7 Å². The minimum absolute atomic E-state index is 0.201. The van der Waals surface area contributed by atoms with Crippen LogP contribution in [0, 0.1) is 0 Å². The fourth-order valence-corrected chi connectivity index (χ4v) is 1.57. The molecule has 1 aromatic rings. The van der Waals surface area contributed by atoms with Crippen molar-refractivity contribution >= 4 is 11.4 Å². The Morgan fingerprint density at radius 1 is 1.35 bits per heavy atom. The standard InChI is InChI=1S/C14H20N2O/c1-4-5-6-14(17)13(11-16(2)3)12-7-9-15-10-8-12/h7-11H,4-6H2,1-3H3/b13-11-. The van der Waals surface area contributed by atoms with Crippen molar-refractivity contribution < 1.29 is 4.79 Å². The van der Waals surface area contributed by atoms with E-state index in [9.17, 15) is 4.79 Å². The molecule has 0 bridgehead atoms. The number of carbonyl (C=O) groups excluding carboxylic acids is 1. The predicted molar refractivity (Wildman–Crippen MR) is 70.4 cm³/mol. The van der Waals surface area contributed by atoms with E-state index in [4.69, 9.17) is 0 Å². The summed E-state index contributed by atoms with van der Waals surface area (Å²) in [5.74, 6) is 0.201. The summed E-state index contributed by atoms with van der Waals surface area (Å²) in [6.07, 6.45) is 7.90. The van der Waals surface area contributed by atoms with E-state index < -0.39 is 0 Å². The van der Waals surface area contributed by atoms with Crippen LogP contribution in [0.15, 0.2) is 30.7 Å². The summed E-state index contributed by atoms with van der Waals surface area (Å²) in [6, 6.07) is 3.75. The SMILES string of the molecule is CCCCC(=O)/C(=C\N(C)C)c1ccncc1. The third-order valence-electron chi connectivity index (χ3n) is 2.44. The molecule has 1 aromatic heterocycles. The molecule has 3 nitrogen and oxygen atoms in total. The maximum absolute atomic E-state index is 12.1. The maximum Gasteiger partial charge on any atom is 0.164 e. The monoisotopic (exact) mass is 232 g/mol. The summed E-state index contributed by atoms with van der Waals surface area (Å²) in [4.78, 5) is 18.0. The molecule has 0 atom stereocenters. The third-order valence-corrected chi connectivity index (χ3v) is 2.44. The van der Waals surface area contributed by atoms with Gasteiger partial charge in [-0.15, -0.1) is 0 Å². The first kappa shape index (κ1) is 13.4. The van der Waals surface area contributed by atoms with Crippen LogP contribution in [0.3, 0.4) is 0 Å². The van der Waals surface area contributed by atoms with Crippen LogP contribution in [0.5, 0.6) is 0 Å². The van der Waals surface area contributed by atoms with Gasteiger partial charge >= 0.3 is 0 Å². The van der Waals surface area contributed by atoms with Crippen LogP contribution in [0.4, 0.5) is 0 Å². The fourth-order valence-electron chi connectivity index (χ4n) is 1.57. The Balaban J connectivity index is 2.93. The third kappa shape index (κ3) is 4.39. The first-order valence-corrected chi connectivity index (χ1v) is 5.97. The summed E-state index contributed by atoms with van der Waals surface area (Å²) >= 11 is 0. The van der Waals surface area contributed by atoms with E-state index in [0.29, 0.717) is 6.42 Å². The van der Waals surface area contributed by atoms with Crippen molar-refractivity contribution in [3.8, 4) is 0 Å². The summed E-state index contributed by atoms with van der Waals surface area (Å²) in [5.41, 5.74) is 1.71. The molecule has 3 heteroatoms. The second kappa shape index (κ2) is 6.84. The van der Waals surface area contributed by atoms with E-state index in [1.165, 1.54) is 0 Å². The number of hydrogen-bond acceptors (Lipinski definition) is 3. The van der Waals surface area contributed by atoms with Gasteiger partial charge in [-0.25, -0.2) is 0 Å². The van der Waals surface area contributed by atoms with Gasteiger partial charge in [0.2, 0.25) is 0 Å². The highest BCUT2D eigenvalue weighted by atomic mass is 16.1. The first-order valence-electron chi connectivity index (χ1n) is 5.97. The summed E-state index contributed by atoms with van der Waals surface area (Å²) < 4.78 is 0. The van der Waals surface area contributed by atoms with E-state index in [0.717, 1.165) is 24.0 Å². The van der Waals surface area contributed by atoms with Gasteiger partial charge in [0.15, 0.2) is 5.78 Å². The van der Waals surface area contributed by atoms with Crippen molar-refractivity contribution in [3.05, 3.63) is 36.3 Å². The van der Waals surface area contributed by atoms with Gasteiger partial charge < -0.3 is 4.90 Å². The Hall–Kier alpha value is -1.64. The number of Topliss-reactive ketones (excluding diaryl/α,β-unsaturated/α-hetero) is 1. The molecule has 0 N–H and O–H groups in total. The van der Waals surface area contributed by atoms with E-state index in [1.807, 2.05) is 37.3 Å². The highest BCUT2D eigenvalue weighted by Gasteiger charge is 2.11. The molecule has 0 saturated heterocycles. The molecule has 17 heavy (non-hydrogen) atoms. The molecule has 0 saturated carbocycles. The molecular weight excluding hydrogens is 212 g/mol. The molecule has 0 radical (unpaired) electrons. The van der Waals surface area contributed by atoms with Crippen molar-refractivity contribution in [2.75, 3.05) is 14.1 Å². The predicted octanol–water partition coefficient (Wildman–Crippen LogP) is 2.74. The molecule has 1 heterocycles. The first-order chi connectivity index (χ1) is 8.15. The van der Waals surface area contributed by atoms with Gasteiger partial charge in [0.1, 0.15) is 0 Å². The molecule has 0 aliphatic carbocycles. The molecule has 0 unspecified atom stereocenters. The molecule has 0 aliphatic rings. The number of nitrogens with zero attached hydrogens (tertiary/aromatic N) is 2. The number of aromatic nitrogens is 1. The minimum Gasteiger partial charge on any atom is -0.383 e. The lowest BCUT2D eigenvalue weighted by molar-refractivity contribution is -0.113. The van der Waals surface area contributed by atoms with Gasteiger partial charge in [0.05, 0.1) is 0 Å². The van der Waals surface area contributed by atoms with E-state index in [2.05, 4.69) is 11.9 Å². The van der Waals surface area contributed by atoms with Crippen LogP contribution in [0.25, 0.3) is 5.57 Å². The highest BCUT2D eigenvalue weighted by Crippen LogP contribution is 2.17. The van der Waals surface area contributed by atoms with Crippen molar-refractivity contribution in [2.24, 2.45) is 0 Å². The summed E-state index contributed by atoms with van der Waals surface area (Å²) in [6.45, 7) is 2.09. The van der Waals surface area contributed by atoms with Crippen molar-refractivity contribution in [1.29, 1.82) is 0 Å².